The molecule has 160 valence electrons. The van der Waals surface area contributed by atoms with Crippen molar-refractivity contribution in [1.29, 1.82) is 0 Å². The number of anilines is 1. The SMILES string of the molecule is CN=C(NCc1ccc(N2CCCC2=O)cc1)NCc1nc(-c2cccc(Cl)c2)no1. The van der Waals surface area contributed by atoms with Crippen molar-refractivity contribution in [3.63, 3.8) is 0 Å². The second-order valence-electron chi connectivity index (χ2n) is 7.12. The highest BCUT2D eigenvalue weighted by molar-refractivity contribution is 6.30. The van der Waals surface area contributed by atoms with Crippen LogP contribution in [0.5, 0.6) is 0 Å². The lowest BCUT2D eigenvalue weighted by Crippen LogP contribution is -2.36. The van der Waals surface area contributed by atoms with E-state index < -0.39 is 0 Å². The first-order valence-electron chi connectivity index (χ1n) is 10.0. The first-order chi connectivity index (χ1) is 15.1. The molecule has 1 aliphatic rings. The third-order valence-electron chi connectivity index (χ3n) is 4.96. The molecule has 0 radical (unpaired) electrons. The Kier molecular flexibility index (Phi) is 6.47. The van der Waals surface area contributed by atoms with Crippen LogP contribution in [0.4, 0.5) is 5.69 Å². The van der Waals surface area contributed by atoms with Crippen LogP contribution in [0.25, 0.3) is 11.4 Å². The average Bonchev–Trinajstić information content (AvgIpc) is 3.43. The summed E-state index contributed by atoms with van der Waals surface area (Å²) in [6, 6.07) is 15.3. The standard InChI is InChI=1S/C22H23ClN6O2/c1-24-22(25-13-15-7-9-18(10-8-15)29-11-3-6-20(29)30)26-14-19-27-21(28-31-19)16-4-2-5-17(23)12-16/h2,4-5,7-10,12H,3,6,11,13-14H2,1H3,(H2,24,25,26). The van der Waals surface area contributed by atoms with Crippen molar-refractivity contribution in [1.82, 2.24) is 20.8 Å². The Balaban J connectivity index is 1.29. The number of hydrogen-bond donors (Lipinski definition) is 2. The van der Waals surface area contributed by atoms with Crippen molar-refractivity contribution in [3.8, 4) is 11.4 Å². The molecule has 0 atom stereocenters. The molecule has 31 heavy (non-hydrogen) atoms. The number of amides is 1. The maximum absolute atomic E-state index is 11.9. The summed E-state index contributed by atoms with van der Waals surface area (Å²) in [7, 11) is 1.70. The minimum Gasteiger partial charge on any atom is -0.352 e. The molecular formula is C22H23ClN6O2. The Morgan fingerprint density at radius 1 is 1.19 bits per heavy atom. The summed E-state index contributed by atoms with van der Waals surface area (Å²) in [6.45, 7) is 1.72. The van der Waals surface area contributed by atoms with Gasteiger partial charge in [0.05, 0.1) is 6.54 Å². The number of nitrogens with zero attached hydrogens (tertiary/aromatic N) is 4. The lowest BCUT2D eigenvalue weighted by atomic mass is 10.2. The number of carbonyl (C=O) groups is 1. The summed E-state index contributed by atoms with van der Waals surface area (Å²) < 4.78 is 5.31. The van der Waals surface area contributed by atoms with Crippen LogP contribution in [0.2, 0.25) is 5.02 Å². The molecule has 2 aromatic carbocycles. The van der Waals surface area contributed by atoms with Gasteiger partial charge in [-0.2, -0.15) is 4.98 Å². The van der Waals surface area contributed by atoms with Crippen molar-refractivity contribution in [2.75, 3.05) is 18.5 Å². The highest BCUT2D eigenvalue weighted by atomic mass is 35.5. The number of halogens is 1. The topological polar surface area (TPSA) is 95.7 Å². The first-order valence-corrected chi connectivity index (χ1v) is 10.4. The fourth-order valence-corrected chi connectivity index (χ4v) is 3.54. The lowest BCUT2D eigenvalue weighted by molar-refractivity contribution is -0.117. The predicted molar refractivity (Wildman–Crippen MR) is 120 cm³/mol. The van der Waals surface area contributed by atoms with E-state index >= 15 is 0 Å². The molecule has 1 aromatic heterocycles. The number of benzene rings is 2. The summed E-state index contributed by atoms with van der Waals surface area (Å²) in [5.41, 5.74) is 2.82. The van der Waals surface area contributed by atoms with E-state index in [1.807, 2.05) is 41.3 Å². The maximum atomic E-state index is 11.9. The Morgan fingerprint density at radius 2 is 2.00 bits per heavy atom. The number of aromatic nitrogens is 2. The van der Waals surface area contributed by atoms with Crippen LogP contribution in [0.1, 0.15) is 24.3 Å². The van der Waals surface area contributed by atoms with Crippen LogP contribution in [0, 0.1) is 0 Å². The Labute approximate surface area is 185 Å². The van der Waals surface area contributed by atoms with Gasteiger partial charge in [0.1, 0.15) is 0 Å². The molecule has 3 aromatic rings. The molecule has 0 saturated carbocycles. The van der Waals surface area contributed by atoms with Gasteiger partial charge in [-0.25, -0.2) is 0 Å². The monoisotopic (exact) mass is 438 g/mol. The van der Waals surface area contributed by atoms with Gasteiger partial charge < -0.3 is 20.1 Å². The normalized spacial score (nSPS) is 14.2. The summed E-state index contributed by atoms with van der Waals surface area (Å²) >= 11 is 6.02. The van der Waals surface area contributed by atoms with E-state index in [9.17, 15) is 4.79 Å². The molecule has 1 fully saturated rings. The van der Waals surface area contributed by atoms with Gasteiger partial charge in [-0.15, -0.1) is 0 Å². The molecule has 0 unspecified atom stereocenters. The Morgan fingerprint density at radius 3 is 2.71 bits per heavy atom. The zero-order valence-corrected chi connectivity index (χ0v) is 17.9. The maximum Gasteiger partial charge on any atom is 0.246 e. The number of aliphatic imine (C=N–C) groups is 1. The molecule has 9 heteroatoms. The zero-order valence-electron chi connectivity index (χ0n) is 17.1. The third kappa shape index (κ3) is 5.21. The fraction of sp³-hybridized carbons (Fsp3) is 0.273. The summed E-state index contributed by atoms with van der Waals surface area (Å²) in [4.78, 5) is 22.3. The molecule has 2 heterocycles. The number of nitrogens with one attached hydrogen (secondary N) is 2. The van der Waals surface area contributed by atoms with Crippen molar-refractivity contribution >= 4 is 29.2 Å². The van der Waals surface area contributed by atoms with E-state index in [0.717, 1.165) is 29.8 Å². The van der Waals surface area contributed by atoms with Gasteiger partial charge in [0.15, 0.2) is 5.96 Å². The van der Waals surface area contributed by atoms with E-state index in [1.54, 1.807) is 19.2 Å². The second-order valence-corrected chi connectivity index (χ2v) is 7.55. The Bertz CT molecular complexity index is 1080. The minimum absolute atomic E-state index is 0.190. The van der Waals surface area contributed by atoms with Crippen molar-refractivity contribution < 1.29 is 9.32 Å². The predicted octanol–water partition coefficient (Wildman–Crippen LogP) is 3.38. The molecular weight excluding hydrogens is 416 g/mol. The van der Waals surface area contributed by atoms with Crippen LogP contribution in [0.15, 0.2) is 58.0 Å². The van der Waals surface area contributed by atoms with Crippen LogP contribution in [-0.2, 0) is 17.9 Å². The molecule has 2 N–H and O–H groups in total. The van der Waals surface area contributed by atoms with Crippen LogP contribution < -0.4 is 15.5 Å². The summed E-state index contributed by atoms with van der Waals surface area (Å²) in [5, 5.41) is 11.0. The van der Waals surface area contributed by atoms with E-state index in [2.05, 4.69) is 25.8 Å². The van der Waals surface area contributed by atoms with Crippen molar-refractivity contribution in [2.24, 2.45) is 4.99 Å². The second kappa shape index (κ2) is 9.61. The molecule has 8 nitrogen and oxygen atoms in total. The lowest BCUT2D eigenvalue weighted by Gasteiger charge is -2.16. The average molecular weight is 439 g/mol. The van der Waals surface area contributed by atoms with E-state index in [0.29, 0.717) is 42.2 Å². The highest BCUT2D eigenvalue weighted by Gasteiger charge is 2.21. The summed E-state index contributed by atoms with van der Waals surface area (Å²) in [5.74, 6) is 1.73. The van der Waals surface area contributed by atoms with Gasteiger partial charge in [0.25, 0.3) is 0 Å². The highest BCUT2D eigenvalue weighted by Crippen LogP contribution is 2.22. The zero-order chi connectivity index (χ0) is 21.6. The smallest absolute Gasteiger partial charge is 0.246 e. The largest absolute Gasteiger partial charge is 0.352 e. The van der Waals surface area contributed by atoms with Gasteiger partial charge in [-0.05, 0) is 36.2 Å². The van der Waals surface area contributed by atoms with Crippen LogP contribution >= 0.6 is 11.6 Å². The van der Waals surface area contributed by atoms with Crippen molar-refractivity contribution in [3.05, 3.63) is 65.0 Å². The van der Waals surface area contributed by atoms with E-state index in [-0.39, 0.29) is 5.91 Å². The number of hydrogen-bond acceptors (Lipinski definition) is 5. The van der Waals surface area contributed by atoms with Gasteiger partial charge in [-0.1, -0.05) is 41.0 Å². The quantitative estimate of drug-likeness (QED) is 0.452. The van der Waals surface area contributed by atoms with Gasteiger partial charge in [0.2, 0.25) is 17.6 Å². The van der Waals surface area contributed by atoms with Gasteiger partial charge >= 0.3 is 0 Å². The fourth-order valence-electron chi connectivity index (χ4n) is 3.35. The van der Waals surface area contributed by atoms with Crippen LogP contribution in [-0.4, -0.2) is 35.6 Å². The number of guanidine groups is 1. The molecule has 1 aliphatic heterocycles. The van der Waals surface area contributed by atoms with E-state index in [1.165, 1.54) is 0 Å². The molecule has 1 saturated heterocycles. The molecule has 0 bridgehead atoms. The molecule has 0 aliphatic carbocycles. The third-order valence-corrected chi connectivity index (χ3v) is 5.20. The molecule has 0 spiro atoms. The van der Waals surface area contributed by atoms with Crippen molar-refractivity contribution in [2.45, 2.75) is 25.9 Å². The number of carbonyl (C=O) groups excluding carboxylic acids is 1. The molecule has 4 rings (SSSR count). The van der Waals surface area contributed by atoms with Crippen LogP contribution in [0.3, 0.4) is 0 Å². The summed E-state index contributed by atoms with van der Waals surface area (Å²) in [6.07, 6.45) is 1.55. The molecule has 1 amide bonds. The number of rotatable bonds is 6. The Hall–Kier alpha value is -3.39. The first kappa shape index (κ1) is 20.9. The van der Waals surface area contributed by atoms with Gasteiger partial charge in [-0.3, -0.25) is 9.79 Å². The van der Waals surface area contributed by atoms with Gasteiger partial charge in [0, 0.05) is 42.8 Å². The minimum atomic E-state index is 0.190. The van der Waals surface area contributed by atoms with E-state index in [4.69, 9.17) is 16.1 Å².